The van der Waals surface area contributed by atoms with E-state index in [1.807, 2.05) is 0 Å². The third-order valence-electron chi connectivity index (χ3n) is 4.08. The first-order valence-electron chi connectivity index (χ1n) is 5.58. The molecule has 4 heteroatoms. The van der Waals surface area contributed by atoms with Gasteiger partial charge in [-0.15, -0.1) is 0 Å². The molecule has 0 atom stereocenters. The Bertz CT molecular complexity index is 398. The first-order chi connectivity index (χ1) is 7.20. The lowest BCUT2D eigenvalue weighted by Gasteiger charge is -2.53. The van der Waals surface area contributed by atoms with Crippen molar-refractivity contribution in [1.82, 2.24) is 14.8 Å². The van der Waals surface area contributed by atoms with Crippen LogP contribution in [0.15, 0.2) is 6.33 Å². The molecule has 2 fully saturated rings. The van der Waals surface area contributed by atoms with Gasteiger partial charge in [0.25, 0.3) is 0 Å². The van der Waals surface area contributed by atoms with Gasteiger partial charge in [-0.05, 0) is 31.1 Å². The van der Waals surface area contributed by atoms with Gasteiger partial charge in [-0.3, -0.25) is 4.79 Å². The monoisotopic (exact) mass is 205 g/mol. The summed E-state index contributed by atoms with van der Waals surface area (Å²) in [4.78, 5) is 16.0. The van der Waals surface area contributed by atoms with Crippen molar-refractivity contribution in [2.75, 3.05) is 0 Å². The van der Waals surface area contributed by atoms with Gasteiger partial charge in [-0.1, -0.05) is 6.42 Å². The summed E-state index contributed by atoms with van der Waals surface area (Å²) in [5, 5.41) is 3.93. The highest BCUT2D eigenvalue weighted by molar-refractivity contribution is 5.95. The summed E-state index contributed by atoms with van der Waals surface area (Å²) in [6, 6.07) is 0. The van der Waals surface area contributed by atoms with E-state index < -0.39 is 0 Å². The average molecular weight is 205 g/mol. The van der Waals surface area contributed by atoms with Gasteiger partial charge in [0.05, 0.1) is 0 Å². The lowest BCUT2D eigenvalue weighted by molar-refractivity contribution is -0.0156. The van der Waals surface area contributed by atoms with Gasteiger partial charge >= 0.3 is 0 Å². The fourth-order valence-electron chi connectivity index (χ4n) is 2.96. The SMILES string of the molecule is Cn1ncnc1C(=O)C1CC2(CCC2)C1. The molecule has 0 saturated heterocycles. The average Bonchev–Trinajstić information content (AvgIpc) is 2.45. The highest BCUT2D eigenvalue weighted by Crippen LogP contribution is 2.59. The van der Waals surface area contributed by atoms with Gasteiger partial charge in [0.2, 0.25) is 5.78 Å². The summed E-state index contributed by atoms with van der Waals surface area (Å²) in [6.45, 7) is 0. The minimum Gasteiger partial charge on any atom is -0.290 e. The largest absolute Gasteiger partial charge is 0.290 e. The summed E-state index contributed by atoms with van der Waals surface area (Å²) < 4.78 is 1.58. The molecule has 3 rings (SSSR count). The number of Topliss-reactive ketones (excluding diaryl/α,β-unsaturated/α-hetero) is 1. The van der Waals surface area contributed by atoms with Gasteiger partial charge in [-0.2, -0.15) is 5.10 Å². The van der Waals surface area contributed by atoms with Crippen molar-refractivity contribution in [3.8, 4) is 0 Å². The molecule has 2 aliphatic rings. The first-order valence-corrected chi connectivity index (χ1v) is 5.58. The minimum atomic E-state index is 0.188. The van der Waals surface area contributed by atoms with Crippen LogP contribution < -0.4 is 0 Å². The van der Waals surface area contributed by atoms with E-state index in [1.54, 1.807) is 11.7 Å². The van der Waals surface area contributed by atoms with E-state index in [0.29, 0.717) is 11.2 Å². The summed E-state index contributed by atoms with van der Waals surface area (Å²) >= 11 is 0. The Kier molecular flexibility index (Phi) is 1.75. The van der Waals surface area contributed by atoms with Crippen LogP contribution in [0, 0.1) is 11.3 Å². The van der Waals surface area contributed by atoms with Crippen molar-refractivity contribution >= 4 is 5.78 Å². The van der Waals surface area contributed by atoms with E-state index in [-0.39, 0.29) is 11.7 Å². The molecule has 15 heavy (non-hydrogen) atoms. The minimum absolute atomic E-state index is 0.188. The number of rotatable bonds is 2. The van der Waals surface area contributed by atoms with Crippen LogP contribution in [0.2, 0.25) is 0 Å². The summed E-state index contributed by atoms with van der Waals surface area (Å²) in [7, 11) is 1.78. The second-order valence-electron chi connectivity index (χ2n) is 5.03. The van der Waals surface area contributed by atoms with E-state index in [2.05, 4.69) is 10.1 Å². The maximum atomic E-state index is 12.0. The number of nitrogens with zero attached hydrogens (tertiary/aromatic N) is 3. The van der Waals surface area contributed by atoms with Crippen LogP contribution in [0.4, 0.5) is 0 Å². The topological polar surface area (TPSA) is 47.8 Å². The zero-order chi connectivity index (χ0) is 10.5. The van der Waals surface area contributed by atoms with Crippen LogP contribution in [-0.4, -0.2) is 20.5 Å². The molecule has 0 N–H and O–H groups in total. The predicted octanol–water partition coefficient (Wildman–Crippen LogP) is 1.58. The molecule has 0 bridgehead atoms. The summed E-state index contributed by atoms with van der Waals surface area (Å²) in [6.07, 6.45) is 7.62. The quantitative estimate of drug-likeness (QED) is 0.689. The second-order valence-corrected chi connectivity index (χ2v) is 5.03. The lowest BCUT2D eigenvalue weighted by Crippen LogP contribution is -2.46. The van der Waals surface area contributed by atoms with Crippen molar-refractivity contribution in [2.24, 2.45) is 18.4 Å². The second kappa shape index (κ2) is 2.90. The van der Waals surface area contributed by atoms with Gasteiger partial charge < -0.3 is 0 Å². The molecule has 2 aliphatic carbocycles. The molecule has 4 nitrogen and oxygen atoms in total. The van der Waals surface area contributed by atoms with Crippen molar-refractivity contribution in [3.63, 3.8) is 0 Å². The number of carbonyl (C=O) groups excluding carboxylic acids is 1. The Morgan fingerprint density at radius 2 is 2.27 bits per heavy atom. The maximum absolute atomic E-state index is 12.0. The number of hydrogen-bond donors (Lipinski definition) is 0. The molecule has 0 aliphatic heterocycles. The smallest absolute Gasteiger partial charge is 0.202 e. The van der Waals surface area contributed by atoms with Crippen molar-refractivity contribution in [3.05, 3.63) is 12.2 Å². The van der Waals surface area contributed by atoms with Crippen LogP contribution in [0.25, 0.3) is 0 Å². The fourth-order valence-corrected chi connectivity index (χ4v) is 2.96. The zero-order valence-electron chi connectivity index (χ0n) is 8.94. The Morgan fingerprint density at radius 1 is 1.53 bits per heavy atom. The van der Waals surface area contributed by atoms with E-state index in [9.17, 15) is 4.79 Å². The van der Waals surface area contributed by atoms with Gasteiger partial charge in [0.15, 0.2) is 5.82 Å². The highest BCUT2D eigenvalue weighted by Gasteiger charge is 2.51. The molecule has 2 saturated carbocycles. The highest BCUT2D eigenvalue weighted by atomic mass is 16.1. The molecule has 1 spiro atoms. The Hall–Kier alpha value is -1.19. The molecule has 0 radical (unpaired) electrons. The number of hydrogen-bond acceptors (Lipinski definition) is 3. The molecule has 0 amide bonds. The number of carbonyl (C=O) groups is 1. The van der Waals surface area contributed by atoms with Crippen LogP contribution in [0.1, 0.15) is 42.7 Å². The van der Waals surface area contributed by atoms with Crippen molar-refractivity contribution in [2.45, 2.75) is 32.1 Å². The number of aryl methyl sites for hydroxylation is 1. The Labute approximate surface area is 88.7 Å². The van der Waals surface area contributed by atoms with Crippen LogP contribution in [0.3, 0.4) is 0 Å². The molecule has 0 aromatic carbocycles. The van der Waals surface area contributed by atoms with E-state index in [1.165, 1.54) is 25.6 Å². The summed E-state index contributed by atoms with van der Waals surface area (Å²) in [5.41, 5.74) is 0.554. The Balaban J connectivity index is 1.70. The predicted molar refractivity (Wildman–Crippen MR) is 54.3 cm³/mol. The molecule has 1 aromatic rings. The zero-order valence-corrected chi connectivity index (χ0v) is 8.94. The van der Waals surface area contributed by atoms with Crippen LogP contribution in [0.5, 0.6) is 0 Å². The van der Waals surface area contributed by atoms with Crippen molar-refractivity contribution < 1.29 is 4.79 Å². The van der Waals surface area contributed by atoms with Gasteiger partial charge in [0, 0.05) is 13.0 Å². The maximum Gasteiger partial charge on any atom is 0.202 e. The fraction of sp³-hybridized carbons (Fsp3) is 0.727. The molecular formula is C11H15N3O. The van der Waals surface area contributed by atoms with E-state index >= 15 is 0 Å². The lowest BCUT2D eigenvalue weighted by atomic mass is 9.51. The van der Waals surface area contributed by atoms with Gasteiger partial charge in [-0.25, -0.2) is 9.67 Å². The van der Waals surface area contributed by atoms with Crippen LogP contribution >= 0.6 is 0 Å². The van der Waals surface area contributed by atoms with E-state index in [0.717, 1.165) is 12.8 Å². The van der Waals surface area contributed by atoms with E-state index in [4.69, 9.17) is 0 Å². The number of aromatic nitrogens is 3. The molecule has 0 unspecified atom stereocenters. The standard InChI is InChI=1S/C11H15N3O/c1-14-10(12-7-13-14)9(15)8-5-11(6-8)3-2-4-11/h7-8H,2-6H2,1H3. The normalized spacial score (nSPS) is 23.5. The summed E-state index contributed by atoms with van der Waals surface area (Å²) in [5.74, 6) is 0.926. The molecule has 80 valence electrons. The Morgan fingerprint density at radius 3 is 2.73 bits per heavy atom. The molecular weight excluding hydrogens is 190 g/mol. The van der Waals surface area contributed by atoms with Crippen LogP contribution in [-0.2, 0) is 7.05 Å². The van der Waals surface area contributed by atoms with Gasteiger partial charge in [0.1, 0.15) is 6.33 Å². The third kappa shape index (κ3) is 1.24. The van der Waals surface area contributed by atoms with Crippen molar-refractivity contribution in [1.29, 1.82) is 0 Å². The third-order valence-corrected chi connectivity index (χ3v) is 4.08. The molecule has 1 heterocycles. The molecule has 1 aromatic heterocycles. The number of ketones is 1. The first kappa shape index (κ1) is 9.07.